The number of amides is 1. The predicted molar refractivity (Wildman–Crippen MR) is 83.7 cm³/mol. The number of carbonyl (C=O) groups is 1. The van der Waals surface area contributed by atoms with Gasteiger partial charge in [0.25, 0.3) is 0 Å². The molecule has 0 radical (unpaired) electrons. The van der Waals surface area contributed by atoms with Crippen LogP contribution in [0.2, 0.25) is 0 Å². The van der Waals surface area contributed by atoms with E-state index < -0.39 is 0 Å². The Morgan fingerprint density at radius 3 is 2.71 bits per heavy atom. The van der Waals surface area contributed by atoms with Gasteiger partial charge in [0.2, 0.25) is 11.9 Å². The zero-order chi connectivity index (χ0) is 15.4. The minimum Gasteiger partial charge on any atom is -0.383 e. The fourth-order valence-electron chi connectivity index (χ4n) is 2.81. The van der Waals surface area contributed by atoms with Crippen molar-refractivity contribution < 1.29 is 4.79 Å². The zero-order valence-corrected chi connectivity index (χ0v) is 12.7. The van der Waals surface area contributed by atoms with Crippen LogP contribution in [0.15, 0.2) is 6.07 Å². The molecule has 1 aliphatic heterocycles. The van der Waals surface area contributed by atoms with Crippen molar-refractivity contribution in [3.63, 3.8) is 0 Å². The van der Waals surface area contributed by atoms with Crippen LogP contribution in [0.4, 0.5) is 17.6 Å². The molecule has 2 heterocycles. The predicted octanol–water partition coefficient (Wildman–Crippen LogP) is 0.726. The number of nitrogens with zero attached hydrogens (tertiary/aromatic N) is 4. The van der Waals surface area contributed by atoms with Gasteiger partial charge in [-0.25, -0.2) is 0 Å². The molecule has 116 valence electrons. The summed E-state index contributed by atoms with van der Waals surface area (Å²) in [7, 11) is 0. The van der Waals surface area contributed by atoms with Crippen LogP contribution in [0.25, 0.3) is 0 Å². The lowest BCUT2D eigenvalue weighted by Crippen LogP contribution is -2.45. The van der Waals surface area contributed by atoms with Crippen molar-refractivity contribution in [2.45, 2.75) is 26.7 Å². The number of nitrogen functional groups attached to an aromatic ring is 2. The van der Waals surface area contributed by atoms with Gasteiger partial charge in [-0.05, 0) is 26.7 Å². The zero-order valence-electron chi connectivity index (χ0n) is 12.7. The van der Waals surface area contributed by atoms with Gasteiger partial charge in [-0.2, -0.15) is 9.97 Å². The van der Waals surface area contributed by atoms with Crippen molar-refractivity contribution in [2.24, 2.45) is 5.92 Å². The summed E-state index contributed by atoms with van der Waals surface area (Å²) in [6, 6.07) is 1.71. The molecule has 21 heavy (non-hydrogen) atoms. The highest BCUT2D eigenvalue weighted by molar-refractivity contribution is 5.79. The molecular formula is C14H24N6O. The maximum atomic E-state index is 12.5. The van der Waals surface area contributed by atoms with Crippen LogP contribution in [0.5, 0.6) is 0 Å². The summed E-state index contributed by atoms with van der Waals surface area (Å²) in [6.45, 7) is 7.03. The summed E-state index contributed by atoms with van der Waals surface area (Å²) in [4.78, 5) is 24.6. The molecule has 1 fully saturated rings. The van der Waals surface area contributed by atoms with Crippen LogP contribution in [0.3, 0.4) is 0 Å². The monoisotopic (exact) mass is 292 g/mol. The van der Waals surface area contributed by atoms with E-state index >= 15 is 0 Å². The third-order valence-electron chi connectivity index (χ3n) is 3.92. The quantitative estimate of drug-likeness (QED) is 0.848. The van der Waals surface area contributed by atoms with Crippen LogP contribution >= 0.6 is 0 Å². The number of hydrogen-bond donors (Lipinski definition) is 2. The van der Waals surface area contributed by atoms with Gasteiger partial charge in [0.1, 0.15) is 11.6 Å². The molecule has 1 aromatic rings. The van der Waals surface area contributed by atoms with Gasteiger partial charge in [0, 0.05) is 32.2 Å². The first-order chi connectivity index (χ1) is 10.0. The van der Waals surface area contributed by atoms with Crippen LogP contribution in [-0.4, -0.2) is 47.0 Å². The van der Waals surface area contributed by atoms with Crippen LogP contribution < -0.4 is 16.4 Å². The molecular weight excluding hydrogens is 268 g/mol. The summed E-state index contributed by atoms with van der Waals surface area (Å²) < 4.78 is 0. The molecule has 1 saturated heterocycles. The number of rotatable bonds is 4. The van der Waals surface area contributed by atoms with Crippen molar-refractivity contribution in [1.29, 1.82) is 0 Å². The summed E-state index contributed by atoms with van der Waals surface area (Å²) in [5.74, 6) is 1.46. The van der Waals surface area contributed by atoms with Crippen molar-refractivity contribution in [2.75, 3.05) is 42.5 Å². The fraction of sp³-hybridized carbons (Fsp3) is 0.643. The van der Waals surface area contributed by atoms with Gasteiger partial charge in [-0.15, -0.1) is 0 Å². The molecule has 0 saturated carbocycles. The smallest absolute Gasteiger partial charge is 0.227 e. The summed E-state index contributed by atoms with van der Waals surface area (Å²) in [5, 5.41) is 0. The van der Waals surface area contributed by atoms with E-state index in [4.69, 9.17) is 11.5 Å². The first-order valence-corrected chi connectivity index (χ1v) is 7.48. The minimum atomic E-state index is 0.0102. The second-order valence-corrected chi connectivity index (χ2v) is 5.30. The maximum Gasteiger partial charge on any atom is 0.227 e. The van der Waals surface area contributed by atoms with Gasteiger partial charge in [0.15, 0.2) is 0 Å². The molecule has 1 aromatic heterocycles. The summed E-state index contributed by atoms with van der Waals surface area (Å²) >= 11 is 0. The fourth-order valence-corrected chi connectivity index (χ4v) is 2.81. The average Bonchev–Trinajstić information content (AvgIpc) is 2.47. The lowest BCUT2D eigenvalue weighted by Gasteiger charge is -2.35. The Morgan fingerprint density at radius 2 is 2.10 bits per heavy atom. The molecule has 2 rings (SSSR count). The van der Waals surface area contributed by atoms with E-state index in [1.165, 1.54) is 0 Å². The van der Waals surface area contributed by atoms with Gasteiger partial charge >= 0.3 is 0 Å². The third kappa shape index (κ3) is 3.53. The molecule has 0 spiro atoms. The SMILES string of the molecule is CCN(CC)C(=O)C1CCCN(c2cc(N)nc(N)n2)C1. The second kappa shape index (κ2) is 6.60. The lowest BCUT2D eigenvalue weighted by atomic mass is 9.96. The molecule has 7 nitrogen and oxygen atoms in total. The third-order valence-corrected chi connectivity index (χ3v) is 3.92. The molecule has 4 N–H and O–H groups in total. The van der Waals surface area contributed by atoms with Gasteiger partial charge in [0.05, 0.1) is 5.92 Å². The molecule has 1 unspecified atom stereocenters. The number of piperidine rings is 1. The van der Waals surface area contributed by atoms with E-state index in [0.717, 1.165) is 32.5 Å². The van der Waals surface area contributed by atoms with Gasteiger partial charge < -0.3 is 21.3 Å². The van der Waals surface area contributed by atoms with E-state index in [0.29, 0.717) is 18.2 Å². The van der Waals surface area contributed by atoms with E-state index in [9.17, 15) is 4.79 Å². The number of nitrogens with two attached hydrogens (primary N) is 2. The van der Waals surface area contributed by atoms with Crippen LogP contribution in [0, 0.1) is 5.92 Å². The highest BCUT2D eigenvalue weighted by Crippen LogP contribution is 2.24. The Bertz CT molecular complexity index is 482. The van der Waals surface area contributed by atoms with E-state index in [-0.39, 0.29) is 17.8 Å². The minimum absolute atomic E-state index is 0.0102. The normalized spacial score (nSPS) is 18.6. The summed E-state index contributed by atoms with van der Waals surface area (Å²) in [5.41, 5.74) is 11.4. The summed E-state index contributed by atoms with van der Waals surface area (Å²) in [6.07, 6.45) is 1.88. The molecule has 0 aromatic carbocycles. The highest BCUT2D eigenvalue weighted by Gasteiger charge is 2.29. The largest absolute Gasteiger partial charge is 0.383 e. The maximum absolute atomic E-state index is 12.5. The van der Waals surface area contributed by atoms with Crippen LogP contribution in [0.1, 0.15) is 26.7 Å². The van der Waals surface area contributed by atoms with Gasteiger partial charge in [-0.1, -0.05) is 0 Å². The van der Waals surface area contributed by atoms with Crippen molar-refractivity contribution in [3.8, 4) is 0 Å². The van der Waals surface area contributed by atoms with E-state index in [1.54, 1.807) is 6.07 Å². The Balaban J connectivity index is 2.11. The van der Waals surface area contributed by atoms with Crippen molar-refractivity contribution in [3.05, 3.63) is 6.07 Å². The van der Waals surface area contributed by atoms with Crippen molar-refractivity contribution in [1.82, 2.24) is 14.9 Å². The number of hydrogen-bond acceptors (Lipinski definition) is 6. The van der Waals surface area contributed by atoms with Gasteiger partial charge in [-0.3, -0.25) is 4.79 Å². The molecule has 1 atom stereocenters. The second-order valence-electron chi connectivity index (χ2n) is 5.30. The topological polar surface area (TPSA) is 101 Å². The molecule has 0 aliphatic carbocycles. The van der Waals surface area contributed by atoms with Crippen molar-refractivity contribution >= 4 is 23.5 Å². The molecule has 0 bridgehead atoms. The molecule has 1 amide bonds. The molecule has 1 aliphatic rings. The Labute approximate surface area is 125 Å². The standard InChI is InChI=1S/C14H24N6O/c1-3-19(4-2)13(21)10-6-5-7-20(9-10)12-8-11(15)17-14(16)18-12/h8,10H,3-7,9H2,1-2H3,(H4,15,16,17,18). The van der Waals surface area contributed by atoms with Crippen LogP contribution in [-0.2, 0) is 4.79 Å². The van der Waals surface area contributed by atoms with E-state index in [1.807, 2.05) is 18.7 Å². The lowest BCUT2D eigenvalue weighted by molar-refractivity contribution is -0.135. The first-order valence-electron chi connectivity index (χ1n) is 7.48. The molecule has 7 heteroatoms. The number of anilines is 3. The first kappa shape index (κ1) is 15.3. The Hall–Kier alpha value is -2.05. The number of carbonyl (C=O) groups excluding carboxylic acids is 1. The Kier molecular flexibility index (Phi) is 4.82. The number of aromatic nitrogens is 2. The highest BCUT2D eigenvalue weighted by atomic mass is 16.2. The van der Waals surface area contributed by atoms with E-state index in [2.05, 4.69) is 14.9 Å². The average molecular weight is 292 g/mol. The Morgan fingerprint density at radius 1 is 1.38 bits per heavy atom.